The standard InChI is InChI=1S/C17H22FNO3/c1-19-13-5-6-14(19)10-15(9-13)22-17(21)16(20)8-11-3-2-4-12(18)7-11/h2-4,7,13-16,20H,5-6,8-10H2,1H3/t13-,14+,15?,16-/m0/s1. The van der Waals surface area contributed by atoms with Crippen molar-refractivity contribution in [1.29, 1.82) is 0 Å². The first-order valence-corrected chi connectivity index (χ1v) is 7.88. The number of hydrogen-bond donors (Lipinski definition) is 1. The summed E-state index contributed by atoms with van der Waals surface area (Å²) in [5, 5.41) is 9.98. The van der Waals surface area contributed by atoms with Crippen LogP contribution in [-0.2, 0) is 16.0 Å². The maximum atomic E-state index is 13.1. The Morgan fingerprint density at radius 3 is 2.73 bits per heavy atom. The molecule has 2 aliphatic heterocycles. The summed E-state index contributed by atoms with van der Waals surface area (Å²) in [5.41, 5.74) is 0.591. The Hall–Kier alpha value is -1.46. The molecule has 0 radical (unpaired) electrons. The molecule has 2 saturated heterocycles. The highest BCUT2D eigenvalue weighted by Crippen LogP contribution is 2.35. The molecule has 5 heteroatoms. The summed E-state index contributed by atoms with van der Waals surface area (Å²) >= 11 is 0. The topological polar surface area (TPSA) is 49.8 Å². The minimum Gasteiger partial charge on any atom is -0.460 e. The smallest absolute Gasteiger partial charge is 0.335 e. The van der Waals surface area contributed by atoms with Gasteiger partial charge in [0.25, 0.3) is 0 Å². The van der Waals surface area contributed by atoms with Gasteiger partial charge in [-0.05, 0) is 50.4 Å². The zero-order chi connectivity index (χ0) is 15.7. The number of benzene rings is 1. The van der Waals surface area contributed by atoms with Gasteiger partial charge >= 0.3 is 5.97 Å². The predicted octanol–water partition coefficient (Wildman–Crippen LogP) is 1.90. The molecule has 1 aromatic carbocycles. The van der Waals surface area contributed by atoms with Crippen molar-refractivity contribution in [2.45, 2.75) is 56.4 Å². The monoisotopic (exact) mass is 307 g/mol. The third-order valence-electron chi connectivity index (χ3n) is 4.93. The Bertz CT molecular complexity index is 536. The lowest BCUT2D eigenvalue weighted by Crippen LogP contribution is -2.44. The Labute approximate surface area is 129 Å². The predicted molar refractivity (Wildman–Crippen MR) is 79.8 cm³/mol. The van der Waals surface area contributed by atoms with E-state index in [2.05, 4.69) is 11.9 Å². The fraction of sp³-hybridized carbons (Fsp3) is 0.588. The number of rotatable bonds is 4. The van der Waals surface area contributed by atoms with Crippen molar-refractivity contribution in [1.82, 2.24) is 4.90 Å². The second-order valence-electron chi connectivity index (χ2n) is 6.43. The number of ether oxygens (including phenoxy) is 1. The highest BCUT2D eigenvalue weighted by Gasteiger charge is 2.40. The highest BCUT2D eigenvalue weighted by molar-refractivity contribution is 5.75. The number of nitrogens with zero attached hydrogens (tertiary/aromatic N) is 1. The zero-order valence-electron chi connectivity index (χ0n) is 12.7. The van der Waals surface area contributed by atoms with Crippen LogP contribution in [0.25, 0.3) is 0 Å². The molecule has 0 saturated carbocycles. The minimum absolute atomic E-state index is 0.0794. The maximum absolute atomic E-state index is 13.1. The van der Waals surface area contributed by atoms with Gasteiger partial charge in [-0.15, -0.1) is 0 Å². The molecule has 1 N–H and O–H groups in total. The van der Waals surface area contributed by atoms with Gasteiger partial charge in [0.05, 0.1) is 0 Å². The summed E-state index contributed by atoms with van der Waals surface area (Å²) in [6.45, 7) is 0. The number of aliphatic hydroxyl groups excluding tert-OH is 1. The van der Waals surface area contributed by atoms with E-state index in [-0.39, 0.29) is 18.3 Å². The molecule has 2 fully saturated rings. The molecule has 120 valence electrons. The van der Waals surface area contributed by atoms with Crippen molar-refractivity contribution in [2.75, 3.05) is 7.05 Å². The van der Waals surface area contributed by atoms with Crippen molar-refractivity contribution in [3.63, 3.8) is 0 Å². The number of piperidine rings is 1. The van der Waals surface area contributed by atoms with Crippen LogP contribution in [0, 0.1) is 5.82 Å². The Kier molecular flexibility index (Phi) is 4.45. The van der Waals surface area contributed by atoms with Crippen molar-refractivity contribution >= 4 is 5.97 Å². The molecular formula is C17H22FNO3. The second kappa shape index (κ2) is 6.34. The van der Waals surface area contributed by atoms with Crippen molar-refractivity contribution in [3.05, 3.63) is 35.6 Å². The van der Waals surface area contributed by atoms with Gasteiger partial charge in [0, 0.05) is 18.5 Å². The molecule has 0 spiro atoms. The van der Waals surface area contributed by atoms with Gasteiger partial charge < -0.3 is 14.7 Å². The summed E-state index contributed by atoms with van der Waals surface area (Å²) in [7, 11) is 2.12. The zero-order valence-corrected chi connectivity index (χ0v) is 12.7. The molecule has 4 atom stereocenters. The lowest BCUT2D eigenvalue weighted by molar-refractivity contribution is -0.162. The van der Waals surface area contributed by atoms with E-state index in [1.165, 1.54) is 12.1 Å². The third-order valence-corrected chi connectivity index (χ3v) is 4.93. The fourth-order valence-electron chi connectivity index (χ4n) is 3.67. The Morgan fingerprint density at radius 1 is 1.41 bits per heavy atom. The van der Waals surface area contributed by atoms with Crippen LogP contribution >= 0.6 is 0 Å². The number of hydrogen-bond acceptors (Lipinski definition) is 4. The molecule has 0 aromatic heterocycles. The van der Waals surface area contributed by atoms with E-state index in [9.17, 15) is 14.3 Å². The first kappa shape index (κ1) is 15.4. The molecule has 4 nitrogen and oxygen atoms in total. The number of carbonyl (C=O) groups is 1. The van der Waals surface area contributed by atoms with Crippen LogP contribution in [0.5, 0.6) is 0 Å². The molecule has 0 aliphatic carbocycles. The van der Waals surface area contributed by atoms with Gasteiger partial charge in [-0.1, -0.05) is 12.1 Å². The number of aliphatic hydroxyl groups is 1. The number of halogens is 1. The van der Waals surface area contributed by atoms with Crippen molar-refractivity contribution < 1.29 is 19.0 Å². The molecule has 3 rings (SSSR count). The van der Waals surface area contributed by atoms with Crippen LogP contribution in [0.15, 0.2) is 24.3 Å². The first-order chi connectivity index (χ1) is 10.5. The summed E-state index contributed by atoms with van der Waals surface area (Å²) in [4.78, 5) is 14.4. The summed E-state index contributed by atoms with van der Waals surface area (Å²) in [6, 6.07) is 6.88. The average Bonchev–Trinajstić information content (AvgIpc) is 2.70. The van der Waals surface area contributed by atoms with Gasteiger partial charge in [0.15, 0.2) is 6.10 Å². The largest absolute Gasteiger partial charge is 0.460 e. The molecule has 2 bridgehead atoms. The number of fused-ring (bicyclic) bond motifs is 2. The Morgan fingerprint density at radius 2 is 2.09 bits per heavy atom. The van der Waals surface area contributed by atoms with Crippen molar-refractivity contribution in [3.8, 4) is 0 Å². The molecule has 2 heterocycles. The van der Waals surface area contributed by atoms with Crippen molar-refractivity contribution in [2.24, 2.45) is 0 Å². The van der Waals surface area contributed by atoms with E-state index in [1.807, 2.05) is 0 Å². The van der Waals surface area contributed by atoms with Crippen LogP contribution in [-0.4, -0.2) is 47.3 Å². The van der Waals surface area contributed by atoms with Gasteiger partial charge in [-0.3, -0.25) is 0 Å². The molecule has 0 amide bonds. The summed E-state index contributed by atoms with van der Waals surface area (Å²) < 4.78 is 18.6. The molecule has 1 unspecified atom stereocenters. The highest BCUT2D eigenvalue weighted by atomic mass is 19.1. The van der Waals surface area contributed by atoms with Gasteiger partial charge in [-0.2, -0.15) is 0 Å². The van der Waals surface area contributed by atoms with E-state index in [0.29, 0.717) is 17.6 Å². The molecule has 2 aliphatic rings. The quantitative estimate of drug-likeness (QED) is 0.863. The van der Waals surface area contributed by atoms with Crippen LogP contribution in [0.1, 0.15) is 31.2 Å². The van der Waals surface area contributed by atoms with E-state index in [4.69, 9.17) is 4.74 Å². The van der Waals surface area contributed by atoms with E-state index in [0.717, 1.165) is 25.7 Å². The summed E-state index contributed by atoms with van der Waals surface area (Å²) in [6.07, 6.45) is 2.72. The molecular weight excluding hydrogens is 285 g/mol. The van der Waals surface area contributed by atoms with Crippen LogP contribution in [0.2, 0.25) is 0 Å². The normalized spacial score (nSPS) is 29.3. The van der Waals surface area contributed by atoms with E-state index >= 15 is 0 Å². The Balaban J connectivity index is 1.53. The fourth-order valence-corrected chi connectivity index (χ4v) is 3.67. The van der Waals surface area contributed by atoms with Gasteiger partial charge in [0.1, 0.15) is 11.9 Å². The third kappa shape index (κ3) is 3.31. The molecule has 1 aromatic rings. The first-order valence-electron chi connectivity index (χ1n) is 7.88. The second-order valence-corrected chi connectivity index (χ2v) is 6.43. The lowest BCUT2D eigenvalue weighted by Gasteiger charge is -2.36. The average molecular weight is 307 g/mol. The van der Waals surface area contributed by atoms with Gasteiger partial charge in [-0.25, -0.2) is 9.18 Å². The molecule has 22 heavy (non-hydrogen) atoms. The summed E-state index contributed by atoms with van der Waals surface area (Å²) in [5.74, 6) is -0.969. The minimum atomic E-state index is -1.24. The van der Waals surface area contributed by atoms with Crippen LogP contribution < -0.4 is 0 Å². The van der Waals surface area contributed by atoms with Crippen LogP contribution in [0.3, 0.4) is 0 Å². The SMILES string of the molecule is CN1[C@@H]2CC[C@H]1CC(OC(=O)[C@@H](O)Cc1cccc(F)c1)C2. The maximum Gasteiger partial charge on any atom is 0.335 e. The van der Waals surface area contributed by atoms with Crippen LogP contribution in [0.4, 0.5) is 4.39 Å². The van der Waals surface area contributed by atoms with E-state index in [1.54, 1.807) is 12.1 Å². The number of carbonyl (C=O) groups excluding carboxylic acids is 1. The van der Waals surface area contributed by atoms with E-state index < -0.39 is 12.1 Å². The lowest BCUT2D eigenvalue weighted by atomic mass is 10.0. The number of esters is 1. The van der Waals surface area contributed by atoms with Gasteiger partial charge in [0.2, 0.25) is 0 Å².